The van der Waals surface area contributed by atoms with Gasteiger partial charge in [-0.3, -0.25) is 0 Å². The Kier molecular flexibility index (Phi) is 4.41. The first-order valence-corrected chi connectivity index (χ1v) is 8.73. The third-order valence-electron chi connectivity index (χ3n) is 3.14. The van der Waals surface area contributed by atoms with Crippen molar-refractivity contribution < 1.29 is 12.8 Å². The Morgan fingerprint density at radius 3 is 2.55 bits per heavy atom. The number of hydrogen-bond acceptors (Lipinski definition) is 3. The van der Waals surface area contributed by atoms with Gasteiger partial charge in [-0.15, -0.1) is 0 Å². The molecular weight excluding hydrogens is 347 g/mol. The predicted octanol–water partition coefficient (Wildman–Crippen LogP) is 2.98. The van der Waals surface area contributed by atoms with Gasteiger partial charge in [-0.2, -0.15) is 4.31 Å². The summed E-state index contributed by atoms with van der Waals surface area (Å²) in [5.74, 6) is -0.596. The number of benzene rings is 1. The fourth-order valence-corrected chi connectivity index (χ4v) is 4.28. The maximum absolute atomic E-state index is 14.0. The Morgan fingerprint density at radius 2 is 2.05 bits per heavy atom. The Hall–Kier alpha value is -0.660. The minimum atomic E-state index is -3.85. The molecule has 0 unspecified atom stereocenters. The van der Waals surface area contributed by atoms with Crippen molar-refractivity contribution >= 4 is 31.6 Å². The highest BCUT2D eigenvalue weighted by Crippen LogP contribution is 2.35. The topological polar surface area (TPSA) is 63.4 Å². The first-order chi connectivity index (χ1) is 9.23. The van der Waals surface area contributed by atoms with Crippen LogP contribution in [0.1, 0.15) is 26.7 Å². The largest absolute Gasteiger partial charge is 0.398 e. The van der Waals surface area contributed by atoms with Crippen molar-refractivity contribution in [1.82, 2.24) is 4.31 Å². The van der Waals surface area contributed by atoms with Gasteiger partial charge >= 0.3 is 0 Å². The number of hydrogen-bond donors (Lipinski definition) is 1. The molecule has 1 fully saturated rings. The van der Waals surface area contributed by atoms with Crippen LogP contribution in [0.5, 0.6) is 0 Å². The number of nitrogen functional groups attached to an aromatic ring is 1. The Morgan fingerprint density at radius 1 is 1.45 bits per heavy atom. The van der Waals surface area contributed by atoms with Gasteiger partial charge in [0.15, 0.2) is 0 Å². The molecule has 0 bridgehead atoms. The van der Waals surface area contributed by atoms with Gasteiger partial charge in [-0.05, 0) is 46.8 Å². The third kappa shape index (κ3) is 3.15. The van der Waals surface area contributed by atoms with E-state index in [0.29, 0.717) is 11.0 Å². The molecule has 0 spiro atoms. The average Bonchev–Trinajstić information content (AvgIpc) is 3.14. The fourth-order valence-electron chi connectivity index (χ4n) is 2.03. The average molecular weight is 365 g/mol. The zero-order valence-corrected chi connectivity index (χ0v) is 13.8. The maximum Gasteiger partial charge on any atom is 0.246 e. The minimum Gasteiger partial charge on any atom is -0.398 e. The molecular formula is C13H18BrFN2O2S. The molecule has 112 valence electrons. The van der Waals surface area contributed by atoms with E-state index >= 15 is 0 Å². The quantitative estimate of drug-likeness (QED) is 0.816. The van der Waals surface area contributed by atoms with Crippen molar-refractivity contribution in [3.63, 3.8) is 0 Å². The SMILES string of the molecule is CC(C)CN(C1CC1)S(=O)(=O)c1cc(N)c(Br)cc1F. The molecule has 0 atom stereocenters. The predicted molar refractivity (Wildman–Crippen MR) is 80.3 cm³/mol. The highest BCUT2D eigenvalue weighted by atomic mass is 79.9. The van der Waals surface area contributed by atoms with E-state index in [9.17, 15) is 12.8 Å². The molecule has 2 N–H and O–H groups in total. The highest BCUT2D eigenvalue weighted by molar-refractivity contribution is 9.10. The second kappa shape index (κ2) is 5.61. The second-order valence-corrected chi connectivity index (χ2v) is 8.22. The summed E-state index contributed by atoms with van der Waals surface area (Å²) in [6.45, 7) is 4.27. The maximum atomic E-state index is 14.0. The van der Waals surface area contributed by atoms with Crippen LogP contribution in [0.4, 0.5) is 10.1 Å². The van der Waals surface area contributed by atoms with E-state index in [1.54, 1.807) is 0 Å². The van der Waals surface area contributed by atoms with Gasteiger partial charge in [0.2, 0.25) is 10.0 Å². The summed E-state index contributed by atoms with van der Waals surface area (Å²) in [7, 11) is -3.85. The van der Waals surface area contributed by atoms with E-state index in [1.807, 2.05) is 13.8 Å². The minimum absolute atomic E-state index is 0.00771. The Bertz CT molecular complexity index is 615. The van der Waals surface area contributed by atoms with Crippen molar-refractivity contribution in [2.24, 2.45) is 5.92 Å². The molecule has 2 rings (SSSR count). The van der Waals surface area contributed by atoms with Crippen molar-refractivity contribution in [1.29, 1.82) is 0 Å². The van der Waals surface area contributed by atoms with Crippen molar-refractivity contribution in [2.75, 3.05) is 12.3 Å². The van der Waals surface area contributed by atoms with Crippen LogP contribution in [0.3, 0.4) is 0 Å². The molecule has 1 aromatic carbocycles. The molecule has 1 saturated carbocycles. The molecule has 0 heterocycles. The molecule has 0 saturated heterocycles. The van der Waals surface area contributed by atoms with Crippen LogP contribution >= 0.6 is 15.9 Å². The summed E-state index contributed by atoms with van der Waals surface area (Å²) in [5, 5.41) is 0. The van der Waals surface area contributed by atoms with E-state index in [0.717, 1.165) is 18.9 Å². The lowest BCUT2D eigenvalue weighted by Gasteiger charge is -2.24. The van der Waals surface area contributed by atoms with Gasteiger partial charge in [0, 0.05) is 22.7 Å². The molecule has 7 heteroatoms. The lowest BCUT2D eigenvalue weighted by atomic mass is 10.2. The Balaban J connectivity index is 2.45. The summed E-state index contributed by atoms with van der Waals surface area (Å²) in [4.78, 5) is -0.342. The molecule has 1 aliphatic rings. The van der Waals surface area contributed by atoms with E-state index in [4.69, 9.17) is 5.73 Å². The molecule has 0 radical (unpaired) electrons. The summed E-state index contributed by atoms with van der Waals surface area (Å²) >= 11 is 3.09. The number of rotatable bonds is 5. The zero-order valence-electron chi connectivity index (χ0n) is 11.4. The highest BCUT2D eigenvalue weighted by Gasteiger charge is 2.39. The van der Waals surface area contributed by atoms with Crippen LogP contribution in [-0.2, 0) is 10.0 Å². The number of anilines is 1. The lowest BCUT2D eigenvalue weighted by Crippen LogP contribution is -2.36. The van der Waals surface area contributed by atoms with Crippen LogP contribution in [0.25, 0.3) is 0 Å². The monoisotopic (exact) mass is 364 g/mol. The number of sulfonamides is 1. The zero-order chi connectivity index (χ0) is 15.1. The van der Waals surface area contributed by atoms with Crippen molar-refractivity contribution in [3.05, 3.63) is 22.4 Å². The van der Waals surface area contributed by atoms with Crippen LogP contribution in [0.2, 0.25) is 0 Å². The van der Waals surface area contributed by atoms with Gasteiger partial charge in [0.05, 0.1) is 0 Å². The number of nitrogens with two attached hydrogens (primary N) is 1. The summed E-state index contributed by atoms with van der Waals surface area (Å²) in [5.41, 5.74) is 5.90. The van der Waals surface area contributed by atoms with Crippen LogP contribution in [0, 0.1) is 11.7 Å². The molecule has 1 aromatic rings. The molecule has 0 aromatic heterocycles. The fraction of sp³-hybridized carbons (Fsp3) is 0.538. The lowest BCUT2D eigenvalue weighted by molar-refractivity contribution is 0.358. The van der Waals surface area contributed by atoms with E-state index in [2.05, 4.69) is 15.9 Å². The molecule has 0 aliphatic heterocycles. The van der Waals surface area contributed by atoms with Gasteiger partial charge in [-0.25, -0.2) is 12.8 Å². The van der Waals surface area contributed by atoms with Crippen LogP contribution < -0.4 is 5.73 Å². The van der Waals surface area contributed by atoms with Gasteiger partial charge in [0.1, 0.15) is 10.7 Å². The number of nitrogens with zero attached hydrogens (tertiary/aromatic N) is 1. The van der Waals surface area contributed by atoms with E-state index < -0.39 is 15.8 Å². The van der Waals surface area contributed by atoms with Gasteiger partial charge < -0.3 is 5.73 Å². The normalized spacial score (nSPS) is 16.1. The molecule has 0 amide bonds. The first-order valence-electron chi connectivity index (χ1n) is 6.50. The summed E-state index contributed by atoms with van der Waals surface area (Å²) in [6, 6.07) is 2.28. The second-order valence-electron chi connectivity index (χ2n) is 5.50. The summed E-state index contributed by atoms with van der Waals surface area (Å²) in [6.07, 6.45) is 1.67. The smallest absolute Gasteiger partial charge is 0.246 e. The third-order valence-corrected chi connectivity index (χ3v) is 5.76. The summed E-state index contributed by atoms with van der Waals surface area (Å²) < 4.78 is 41.1. The van der Waals surface area contributed by atoms with Gasteiger partial charge in [0.25, 0.3) is 0 Å². The molecule has 1 aliphatic carbocycles. The standard InChI is InChI=1S/C13H18BrFN2O2S/c1-8(2)7-17(9-3-4-9)20(18,19)13-6-12(16)10(14)5-11(13)15/h5-6,8-9H,3-4,7,16H2,1-2H3. The van der Waals surface area contributed by atoms with Gasteiger partial charge in [-0.1, -0.05) is 13.8 Å². The molecule has 4 nitrogen and oxygen atoms in total. The van der Waals surface area contributed by atoms with Crippen LogP contribution in [-0.4, -0.2) is 25.3 Å². The van der Waals surface area contributed by atoms with E-state index in [-0.39, 0.29) is 22.5 Å². The number of halogens is 2. The van der Waals surface area contributed by atoms with E-state index in [1.165, 1.54) is 10.4 Å². The Labute approximate surface area is 127 Å². The first kappa shape index (κ1) is 15.7. The molecule has 20 heavy (non-hydrogen) atoms. The van der Waals surface area contributed by atoms with Crippen LogP contribution in [0.15, 0.2) is 21.5 Å². The van der Waals surface area contributed by atoms with Crippen molar-refractivity contribution in [2.45, 2.75) is 37.6 Å². The van der Waals surface area contributed by atoms with Crippen molar-refractivity contribution in [3.8, 4) is 0 Å².